The Morgan fingerprint density at radius 1 is 1.26 bits per heavy atom. The van der Waals surface area contributed by atoms with Gasteiger partial charge in [0.15, 0.2) is 0 Å². The number of hydrogen-bond acceptors (Lipinski definition) is 6. The molecule has 1 saturated heterocycles. The summed E-state index contributed by atoms with van der Waals surface area (Å²) in [6.45, 7) is 2.76. The van der Waals surface area contributed by atoms with Crippen LogP contribution in [-0.2, 0) is 16.4 Å². The molecule has 8 heteroatoms. The minimum Gasteiger partial charge on any atom is -0.471 e. The molecular formula is C19H22N4O3S. The van der Waals surface area contributed by atoms with Crippen LogP contribution in [0.2, 0.25) is 0 Å². The van der Waals surface area contributed by atoms with Crippen LogP contribution in [0.3, 0.4) is 0 Å². The van der Waals surface area contributed by atoms with Crippen LogP contribution in [0.5, 0.6) is 5.88 Å². The predicted molar refractivity (Wildman–Crippen MR) is 99.6 cm³/mol. The second kappa shape index (κ2) is 8.46. The zero-order chi connectivity index (χ0) is 19.3. The minimum absolute atomic E-state index is 0.101. The van der Waals surface area contributed by atoms with Gasteiger partial charge >= 0.3 is 0 Å². The normalized spacial score (nSPS) is 18.0. The number of benzene rings is 1. The molecule has 27 heavy (non-hydrogen) atoms. The molecule has 3 rings (SSSR count). The van der Waals surface area contributed by atoms with E-state index in [4.69, 9.17) is 10.00 Å². The van der Waals surface area contributed by atoms with Gasteiger partial charge in [-0.3, -0.25) is 0 Å². The molecule has 1 atom stereocenters. The summed E-state index contributed by atoms with van der Waals surface area (Å²) in [7, 11) is -3.58. The van der Waals surface area contributed by atoms with Gasteiger partial charge in [-0.15, -0.1) is 0 Å². The Morgan fingerprint density at radius 3 is 2.70 bits per heavy atom. The topological polar surface area (TPSA) is 96.2 Å². The first-order valence-corrected chi connectivity index (χ1v) is 10.5. The Kier molecular flexibility index (Phi) is 6.04. The van der Waals surface area contributed by atoms with Crippen molar-refractivity contribution in [2.75, 3.05) is 13.1 Å². The summed E-state index contributed by atoms with van der Waals surface area (Å²) in [4.78, 5) is 8.25. The van der Waals surface area contributed by atoms with Crippen LogP contribution in [-0.4, -0.2) is 41.9 Å². The molecule has 1 aliphatic heterocycles. The lowest BCUT2D eigenvalue weighted by atomic mass is 10.1. The number of aromatic nitrogens is 2. The molecule has 1 fully saturated rings. The average Bonchev–Trinajstić information content (AvgIpc) is 2.69. The fourth-order valence-electron chi connectivity index (χ4n) is 3.13. The highest BCUT2D eigenvalue weighted by Crippen LogP contribution is 2.24. The van der Waals surface area contributed by atoms with Gasteiger partial charge in [0.1, 0.15) is 12.2 Å². The highest BCUT2D eigenvalue weighted by atomic mass is 32.2. The molecule has 0 bridgehead atoms. The third-order valence-electron chi connectivity index (χ3n) is 4.49. The number of rotatable bonds is 6. The standard InChI is InChI=1S/C19H22N4O3S/c1-2-4-15-6-8-17(9-7-15)27(24,25)23-12-3-5-16(14-23)26-19-18(13-20)21-10-11-22-19/h6-11,16H,2-5,12,14H2,1H3. The van der Waals surface area contributed by atoms with E-state index in [9.17, 15) is 8.42 Å². The fraction of sp³-hybridized carbons (Fsp3) is 0.421. The van der Waals surface area contributed by atoms with Crippen molar-refractivity contribution in [1.29, 1.82) is 5.26 Å². The van der Waals surface area contributed by atoms with E-state index >= 15 is 0 Å². The number of nitriles is 1. The Hall–Kier alpha value is -2.50. The van der Waals surface area contributed by atoms with Gasteiger partial charge in [0.05, 0.1) is 11.4 Å². The summed E-state index contributed by atoms with van der Waals surface area (Å²) in [5.74, 6) is 0.146. The van der Waals surface area contributed by atoms with Crippen LogP contribution < -0.4 is 4.74 Å². The quantitative estimate of drug-likeness (QED) is 0.757. The fourth-order valence-corrected chi connectivity index (χ4v) is 4.64. The molecule has 0 saturated carbocycles. The second-order valence-corrected chi connectivity index (χ2v) is 8.40. The van der Waals surface area contributed by atoms with E-state index in [0.717, 1.165) is 18.4 Å². The highest BCUT2D eigenvalue weighted by molar-refractivity contribution is 7.89. The number of aryl methyl sites for hydroxylation is 1. The minimum atomic E-state index is -3.58. The number of sulfonamides is 1. The molecular weight excluding hydrogens is 364 g/mol. The van der Waals surface area contributed by atoms with Crippen molar-refractivity contribution >= 4 is 10.0 Å². The van der Waals surface area contributed by atoms with Gasteiger partial charge in [0.2, 0.25) is 15.7 Å². The summed E-state index contributed by atoms with van der Waals surface area (Å²) in [6.07, 6.45) is 5.83. The molecule has 7 nitrogen and oxygen atoms in total. The molecule has 0 aliphatic carbocycles. The molecule has 2 aromatic rings. The highest BCUT2D eigenvalue weighted by Gasteiger charge is 2.31. The van der Waals surface area contributed by atoms with Crippen LogP contribution in [0.1, 0.15) is 37.4 Å². The molecule has 1 aromatic carbocycles. The van der Waals surface area contributed by atoms with Crippen molar-refractivity contribution in [1.82, 2.24) is 14.3 Å². The Balaban J connectivity index is 1.74. The summed E-state index contributed by atoms with van der Waals surface area (Å²) in [5.41, 5.74) is 1.23. The molecule has 0 N–H and O–H groups in total. The zero-order valence-electron chi connectivity index (χ0n) is 15.2. The van der Waals surface area contributed by atoms with E-state index in [2.05, 4.69) is 16.9 Å². The van der Waals surface area contributed by atoms with Crippen LogP contribution >= 0.6 is 0 Å². The number of nitrogens with zero attached hydrogens (tertiary/aromatic N) is 4. The van der Waals surface area contributed by atoms with E-state index in [1.807, 2.05) is 18.2 Å². The average molecular weight is 386 g/mol. The van der Waals surface area contributed by atoms with Gasteiger partial charge in [-0.25, -0.2) is 18.4 Å². The Morgan fingerprint density at radius 2 is 2.00 bits per heavy atom. The second-order valence-electron chi connectivity index (χ2n) is 6.46. The van der Waals surface area contributed by atoms with Crippen LogP contribution in [0, 0.1) is 11.3 Å². The molecule has 1 unspecified atom stereocenters. The Labute approximate surface area is 159 Å². The maximum absolute atomic E-state index is 13.0. The van der Waals surface area contributed by atoms with Crippen LogP contribution in [0.4, 0.5) is 0 Å². The van der Waals surface area contributed by atoms with Crippen molar-refractivity contribution in [2.45, 2.75) is 43.6 Å². The van der Waals surface area contributed by atoms with Gasteiger partial charge in [-0.05, 0) is 37.0 Å². The molecule has 1 aliphatic rings. The molecule has 142 valence electrons. The van der Waals surface area contributed by atoms with Crippen LogP contribution in [0.15, 0.2) is 41.6 Å². The third-order valence-corrected chi connectivity index (χ3v) is 6.37. The van der Waals surface area contributed by atoms with Gasteiger partial charge in [-0.1, -0.05) is 25.5 Å². The van der Waals surface area contributed by atoms with Crippen molar-refractivity contribution < 1.29 is 13.2 Å². The van der Waals surface area contributed by atoms with E-state index in [0.29, 0.717) is 24.3 Å². The molecule has 0 radical (unpaired) electrons. The van der Waals surface area contributed by atoms with E-state index in [1.165, 1.54) is 16.7 Å². The first-order chi connectivity index (χ1) is 13.0. The van der Waals surface area contributed by atoms with Gasteiger partial charge in [0, 0.05) is 18.9 Å². The molecule has 0 spiro atoms. The van der Waals surface area contributed by atoms with Crippen molar-refractivity contribution in [3.63, 3.8) is 0 Å². The largest absolute Gasteiger partial charge is 0.471 e. The number of piperidine rings is 1. The van der Waals surface area contributed by atoms with Gasteiger partial charge in [-0.2, -0.15) is 9.57 Å². The molecule has 2 heterocycles. The summed E-state index contributed by atoms with van der Waals surface area (Å²) >= 11 is 0. The number of hydrogen-bond donors (Lipinski definition) is 0. The van der Waals surface area contributed by atoms with Crippen molar-refractivity contribution in [3.05, 3.63) is 47.9 Å². The van der Waals surface area contributed by atoms with E-state index in [1.54, 1.807) is 12.1 Å². The maximum Gasteiger partial charge on any atom is 0.251 e. The zero-order valence-corrected chi connectivity index (χ0v) is 16.0. The summed E-state index contributed by atoms with van der Waals surface area (Å²) in [6, 6.07) is 9.01. The lowest BCUT2D eigenvalue weighted by Gasteiger charge is -2.31. The molecule has 0 amide bonds. The first kappa shape index (κ1) is 19.3. The molecule has 1 aromatic heterocycles. The van der Waals surface area contributed by atoms with Crippen molar-refractivity contribution in [2.24, 2.45) is 0 Å². The predicted octanol–water partition coefficient (Wildman–Crippen LogP) is 2.53. The smallest absolute Gasteiger partial charge is 0.251 e. The van der Waals surface area contributed by atoms with Gasteiger partial charge < -0.3 is 4.74 Å². The summed E-state index contributed by atoms with van der Waals surface area (Å²) in [5, 5.41) is 9.10. The maximum atomic E-state index is 13.0. The summed E-state index contributed by atoms with van der Waals surface area (Å²) < 4.78 is 33.2. The van der Waals surface area contributed by atoms with Crippen molar-refractivity contribution in [3.8, 4) is 11.9 Å². The third kappa shape index (κ3) is 4.43. The number of ether oxygens (including phenoxy) is 1. The van der Waals surface area contributed by atoms with Crippen LogP contribution in [0.25, 0.3) is 0 Å². The van der Waals surface area contributed by atoms with Gasteiger partial charge in [0.25, 0.3) is 5.88 Å². The Bertz CT molecular complexity index is 923. The lowest BCUT2D eigenvalue weighted by molar-refractivity contribution is 0.124. The SMILES string of the molecule is CCCc1ccc(S(=O)(=O)N2CCCC(Oc3nccnc3C#N)C2)cc1. The monoisotopic (exact) mass is 386 g/mol. The lowest BCUT2D eigenvalue weighted by Crippen LogP contribution is -2.44. The van der Waals surface area contributed by atoms with E-state index < -0.39 is 10.0 Å². The van der Waals surface area contributed by atoms with E-state index in [-0.39, 0.29) is 24.2 Å². The first-order valence-electron chi connectivity index (χ1n) is 9.01.